The Hall–Kier alpha value is 0.110. The van der Waals surface area contributed by atoms with Crippen LogP contribution in [0.15, 0.2) is 0 Å². The number of hydrogen-bond acceptors (Lipinski definition) is 4. The Kier molecular flexibility index (Phi) is 5.10. The maximum Gasteiger partial charge on any atom is 0.327 e. The Balaban J connectivity index is 2.29. The van der Waals surface area contributed by atoms with Gasteiger partial charge < -0.3 is 9.05 Å². The monoisotopic (exact) mass is 221 g/mol. The minimum Gasteiger partial charge on any atom is -0.307 e. The fraction of sp³-hybridized carbons (Fsp3) is 1.00. The lowest BCUT2D eigenvalue weighted by atomic mass is 10.3. The van der Waals surface area contributed by atoms with E-state index in [0.717, 1.165) is 19.6 Å². The molecule has 1 aliphatic rings. The van der Waals surface area contributed by atoms with Gasteiger partial charge in [-0.15, -0.1) is 0 Å². The van der Waals surface area contributed by atoms with Gasteiger partial charge in [0.2, 0.25) is 0 Å². The van der Waals surface area contributed by atoms with Crippen LogP contribution in [0.1, 0.15) is 19.8 Å². The normalized spacial score (nSPS) is 24.1. The highest BCUT2D eigenvalue weighted by Crippen LogP contribution is 2.43. The van der Waals surface area contributed by atoms with Crippen LogP contribution in [-0.4, -0.2) is 44.4 Å². The van der Waals surface area contributed by atoms with Crippen LogP contribution >= 0.6 is 7.60 Å². The summed E-state index contributed by atoms with van der Waals surface area (Å²) in [6, 6.07) is 0. The smallest absolute Gasteiger partial charge is 0.307 e. The summed E-state index contributed by atoms with van der Waals surface area (Å²) in [6.45, 7) is 7.54. The van der Waals surface area contributed by atoms with Gasteiger partial charge >= 0.3 is 7.60 Å². The Labute approximate surface area is 86.1 Å². The van der Waals surface area contributed by atoms with E-state index < -0.39 is 7.60 Å². The van der Waals surface area contributed by atoms with Crippen molar-refractivity contribution in [3.8, 4) is 0 Å². The lowest BCUT2D eigenvalue weighted by Gasteiger charge is -2.26. The molecule has 0 radical (unpaired) electrons. The number of unbranched alkanes of at least 4 members (excludes halogenated alkanes) is 1. The van der Waals surface area contributed by atoms with E-state index in [4.69, 9.17) is 9.05 Å². The molecule has 0 aromatic carbocycles. The molecular weight excluding hydrogens is 201 g/mol. The van der Waals surface area contributed by atoms with Gasteiger partial charge in [0, 0.05) is 19.8 Å². The van der Waals surface area contributed by atoms with Gasteiger partial charge in [0.05, 0.1) is 13.2 Å². The Morgan fingerprint density at radius 1 is 1.29 bits per heavy atom. The van der Waals surface area contributed by atoms with Crippen LogP contribution in [0.25, 0.3) is 0 Å². The van der Waals surface area contributed by atoms with Crippen LogP contribution in [0, 0.1) is 0 Å². The average molecular weight is 221 g/mol. The zero-order valence-corrected chi connectivity index (χ0v) is 9.96. The van der Waals surface area contributed by atoms with Gasteiger partial charge in [-0.3, -0.25) is 9.46 Å². The number of hydrogen-bond donors (Lipinski definition) is 0. The summed E-state index contributed by atoms with van der Waals surface area (Å²) in [5.41, 5.74) is 0. The van der Waals surface area contributed by atoms with Gasteiger partial charge in [0.15, 0.2) is 0 Å². The molecule has 0 aliphatic carbocycles. The molecule has 5 heteroatoms. The van der Waals surface area contributed by atoms with E-state index in [0.29, 0.717) is 13.2 Å². The van der Waals surface area contributed by atoms with Crippen LogP contribution in [0.3, 0.4) is 0 Å². The van der Waals surface area contributed by atoms with Crippen molar-refractivity contribution in [2.45, 2.75) is 19.8 Å². The summed E-state index contributed by atoms with van der Waals surface area (Å²) in [5.74, 6) is 0. The highest BCUT2D eigenvalue weighted by Gasteiger charge is 2.20. The van der Waals surface area contributed by atoms with Crippen molar-refractivity contribution in [3.05, 3.63) is 0 Å². The third kappa shape index (κ3) is 4.56. The minimum atomic E-state index is -2.74. The number of nitrogens with zero attached hydrogens (tertiary/aromatic N) is 1. The van der Waals surface area contributed by atoms with Crippen molar-refractivity contribution in [3.63, 3.8) is 0 Å². The summed E-state index contributed by atoms with van der Waals surface area (Å²) in [4.78, 5) is 2.29. The van der Waals surface area contributed by atoms with E-state index in [9.17, 15) is 4.57 Å². The van der Waals surface area contributed by atoms with Crippen molar-refractivity contribution in [2.75, 3.05) is 39.5 Å². The first-order valence-electron chi connectivity index (χ1n) is 5.23. The van der Waals surface area contributed by atoms with Crippen molar-refractivity contribution in [1.82, 2.24) is 4.90 Å². The van der Waals surface area contributed by atoms with E-state index in [-0.39, 0.29) is 0 Å². The van der Waals surface area contributed by atoms with Crippen LogP contribution < -0.4 is 0 Å². The molecule has 0 N–H and O–H groups in total. The lowest BCUT2D eigenvalue weighted by Crippen LogP contribution is -2.33. The van der Waals surface area contributed by atoms with Crippen LogP contribution in [0.2, 0.25) is 0 Å². The molecule has 0 amide bonds. The largest absolute Gasteiger partial charge is 0.327 e. The first-order valence-corrected chi connectivity index (χ1v) is 7.22. The molecule has 0 bridgehead atoms. The molecule has 1 aliphatic heterocycles. The molecule has 0 unspecified atom stereocenters. The summed E-state index contributed by atoms with van der Waals surface area (Å²) < 4.78 is 21.8. The predicted octanol–water partition coefficient (Wildman–Crippen LogP) is 1.96. The molecule has 84 valence electrons. The van der Waals surface area contributed by atoms with Gasteiger partial charge in [0.1, 0.15) is 0 Å². The first kappa shape index (κ1) is 12.2. The molecule has 0 aromatic heterocycles. The van der Waals surface area contributed by atoms with Crippen molar-refractivity contribution in [2.24, 2.45) is 0 Å². The zero-order chi connectivity index (χ0) is 10.4. The standard InChI is InChI=1S/C9H20NO3P/c1-3-4-5-10-6-8-12-14(2,11)13-9-7-10/h3-9H2,1-2H3. The van der Waals surface area contributed by atoms with E-state index in [1.807, 2.05) is 0 Å². The molecule has 14 heavy (non-hydrogen) atoms. The van der Waals surface area contributed by atoms with Gasteiger partial charge in [-0.05, 0) is 13.0 Å². The second-order valence-electron chi connectivity index (χ2n) is 3.63. The van der Waals surface area contributed by atoms with Gasteiger partial charge in [-0.1, -0.05) is 13.3 Å². The van der Waals surface area contributed by atoms with E-state index in [2.05, 4.69) is 11.8 Å². The summed E-state index contributed by atoms with van der Waals surface area (Å²) in [7, 11) is -2.74. The highest BCUT2D eigenvalue weighted by atomic mass is 31.2. The minimum absolute atomic E-state index is 0.511. The second kappa shape index (κ2) is 5.86. The lowest BCUT2D eigenvalue weighted by molar-refractivity contribution is 0.121. The van der Waals surface area contributed by atoms with Crippen LogP contribution in [0.5, 0.6) is 0 Å². The molecular formula is C9H20NO3P. The third-order valence-corrected chi connectivity index (χ3v) is 3.60. The predicted molar refractivity (Wildman–Crippen MR) is 56.8 cm³/mol. The number of rotatable bonds is 3. The average Bonchev–Trinajstić information content (AvgIpc) is 2.10. The fourth-order valence-corrected chi connectivity index (χ4v) is 2.33. The van der Waals surface area contributed by atoms with E-state index >= 15 is 0 Å². The van der Waals surface area contributed by atoms with E-state index in [1.54, 1.807) is 0 Å². The maximum absolute atomic E-state index is 11.5. The second-order valence-corrected chi connectivity index (χ2v) is 5.69. The maximum atomic E-state index is 11.5. The summed E-state index contributed by atoms with van der Waals surface area (Å²) >= 11 is 0. The molecule has 0 spiro atoms. The quantitative estimate of drug-likeness (QED) is 0.683. The van der Waals surface area contributed by atoms with Crippen LogP contribution in [0.4, 0.5) is 0 Å². The molecule has 1 heterocycles. The zero-order valence-electron chi connectivity index (χ0n) is 9.07. The molecule has 0 aromatic rings. The third-order valence-electron chi connectivity index (χ3n) is 2.29. The summed E-state index contributed by atoms with van der Waals surface area (Å²) in [5, 5.41) is 0. The molecule has 1 saturated heterocycles. The molecule has 1 rings (SSSR count). The fourth-order valence-electron chi connectivity index (χ4n) is 1.43. The molecule has 0 atom stereocenters. The molecule has 0 saturated carbocycles. The van der Waals surface area contributed by atoms with Crippen molar-refractivity contribution >= 4 is 7.60 Å². The van der Waals surface area contributed by atoms with Crippen LogP contribution in [-0.2, 0) is 13.6 Å². The molecule has 1 fully saturated rings. The van der Waals surface area contributed by atoms with E-state index in [1.165, 1.54) is 19.5 Å². The molecule has 4 nitrogen and oxygen atoms in total. The van der Waals surface area contributed by atoms with Gasteiger partial charge in [-0.25, -0.2) is 0 Å². The van der Waals surface area contributed by atoms with Gasteiger partial charge in [-0.2, -0.15) is 0 Å². The Morgan fingerprint density at radius 3 is 2.36 bits per heavy atom. The highest BCUT2D eigenvalue weighted by molar-refractivity contribution is 7.52. The summed E-state index contributed by atoms with van der Waals surface area (Å²) in [6.07, 6.45) is 2.40. The SMILES string of the molecule is CCCCN1CCOP(C)(=O)OCC1. The Morgan fingerprint density at radius 2 is 1.86 bits per heavy atom. The Bertz CT molecular complexity index is 196. The van der Waals surface area contributed by atoms with Crippen molar-refractivity contribution in [1.29, 1.82) is 0 Å². The van der Waals surface area contributed by atoms with Gasteiger partial charge in [0.25, 0.3) is 0 Å². The first-order chi connectivity index (χ1) is 6.64. The van der Waals surface area contributed by atoms with Crippen molar-refractivity contribution < 1.29 is 13.6 Å². The topological polar surface area (TPSA) is 38.8 Å².